The van der Waals surface area contributed by atoms with E-state index in [4.69, 9.17) is 11.6 Å². The molecule has 1 atom stereocenters. The van der Waals surface area contributed by atoms with Crippen LogP contribution in [0.3, 0.4) is 0 Å². The van der Waals surface area contributed by atoms with Crippen LogP contribution in [0, 0.1) is 0 Å². The highest BCUT2D eigenvalue weighted by Crippen LogP contribution is 2.20. The Morgan fingerprint density at radius 1 is 0.929 bits per heavy atom. The monoisotopic (exact) mass is 399 g/mol. The lowest BCUT2D eigenvalue weighted by Gasteiger charge is -2.24. The Morgan fingerprint density at radius 2 is 1.61 bits per heavy atom. The van der Waals surface area contributed by atoms with Crippen LogP contribution in [-0.4, -0.2) is 48.3 Å². The van der Waals surface area contributed by atoms with Crippen LogP contribution in [0.5, 0.6) is 0 Å². The van der Waals surface area contributed by atoms with Crippen LogP contribution >= 0.6 is 11.6 Å². The van der Waals surface area contributed by atoms with Gasteiger partial charge in [-0.25, -0.2) is 0 Å². The maximum atomic E-state index is 12.6. The minimum atomic E-state index is -0.473. The quantitative estimate of drug-likeness (QED) is 0.732. The van der Waals surface area contributed by atoms with Gasteiger partial charge < -0.3 is 15.5 Å². The number of likely N-dealkylation sites (tertiary alicyclic amines) is 1. The lowest BCUT2D eigenvalue weighted by atomic mass is 10.1. The van der Waals surface area contributed by atoms with Crippen LogP contribution in [0.15, 0.2) is 54.6 Å². The number of halogens is 1. The predicted molar refractivity (Wildman–Crippen MR) is 107 cm³/mol. The summed E-state index contributed by atoms with van der Waals surface area (Å²) in [7, 11) is 0. The summed E-state index contributed by atoms with van der Waals surface area (Å²) < 4.78 is 0. The number of rotatable bonds is 6. The van der Waals surface area contributed by atoms with Gasteiger partial charge in [0.1, 0.15) is 6.04 Å². The first-order chi connectivity index (χ1) is 13.6. The third kappa shape index (κ3) is 4.89. The van der Waals surface area contributed by atoms with Crippen molar-refractivity contribution < 1.29 is 14.4 Å². The van der Waals surface area contributed by atoms with Crippen LogP contribution < -0.4 is 10.6 Å². The van der Waals surface area contributed by atoms with E-state index in [9.17, 15) is 14.4 Å². The summed E-state index contributed by atoms with van der Waals surface area (Å²) in [4.78, 5) is 38.8. The number of hydrogen-bond donors (Lipinski definition) is 2. The lowest BCUT2D eigenvalue weighted by molar-refractivity contribution is -0.124. The molecule has 3 amide bonds. The molecule has 2 aromatic carbocycles. The number of nitrogens with zero attached hydrogens (tertiary/aromatic N) is 1. The molecular formula is C21H22ClN3O3. The van der Waals surface area contributed by atoms with Crippen molar-refractivity contribution in [1.82, 2.24) is 15.5 Å². The molecule has 0 saturated carbocycles. The van der Waals surface area contributed by atoms with Crippen LogP contribution in [-0.2, 0) is 4.79 Å². The molecule has 2 aromatic rings. The van der Waals surface area contributed by atoms with E-state index in [-0.39, 0.29) is 17.7 Å². The largest absolute Gasteiger partial charge is 0.353 e. The van der Waals surface area contributed by atoms with Gasteiger partial charge in [0, 0.05) is 35.8 Å². The molecule has 0 radical (unpaired) electrons. The second-order valence-corrected chi connectivity index (χ2v) is 7.01. The van der Waals surface area contributed by atoms with E-state index in [0.717, 1.165) is 6.42 Å². The molecule has 0 bridgehead atoms. The van der Waals surface area contributed by atoms with E-state index in [0.29, 0.717) is 42.2 Å². The van der Waals surface area contributed by atoms with Gasteiger partial charge in [-0.2, -0.15) is 0 Å². The first-order valence-electron chi connectivity index (χ1n) is 9.24. The maximum absolute atomic E-state index is 12.6. The van der Waals surface area contributed by atoms with Gasteiger partial charge in [0.25, 0.3) is 11.8 Å². The zero-order valence-corrected chi connectivity index (χ0v) is 16.1. The molecule has 146 valence electrons. The van der Waals surface area contributed by atoms with Gasteiger partial charge >= 0.3 is 0 Å². The van der Waals surface area contributed by atoms with E-state index >= 15 is 0 Å². The fraction of sp³-hybridized carbons (Fsp3) is 0.286. The van der Waals surface area contributed by atoms with Crippen molar-refractivity contribution in [3.8, 4) is 0 Å². The number of benzene rings is 2. The smallest absolute Gasteiger partial charge is 0.254 e. The van der Waals surface area contributed by atoms with Crippen molar-refractivity contribution in [1.29, 1.82) is 0 Å². The van der Waals surface area contributed by atoms with E-state index < -0.39 is 6.04 Å². The highest BCUT2D eigenvalue weighted by Gasteiger charge is 2.34. The van der Waals surface area contributed by atoms with Gasteiger partial charge in [-0.15, -0.1) is 0 Å². The van der Waals surface area contributed by atoms with E-state index in [1.807, 2.05) is 18.2 Å². The van der Waals surface area contributed by atoms with Crippen molar-refractivity contribution in [2.24, 2.45) is 0 Å². The Labute approximate surface area is 168 Å². The second kappa shape index (κ2) is 9.37. The SMILES string of the molecule is O=C(NCCNC(=O)C1CCCN1C(=O)c1ccccc1)c1ccc(Cl)cc1. The zero-order valence-electron chi connectivity index (χ0n) is 15.4. The van der Waals surface area contributed by atoms with Crippen molar-refractivity contribution in [2.45, 2.75) is 18.9 Å². The molecule has 3 rings (SSSR count). The van der Waals surface area contributed by atoms with E-state index in [2.05, 4.69) is 10.6 Å². The van der Waals surface area contributed by atoms with Gasteiger partial charge in [-0.1, -0.05) is 29.8 Å². The summed E-state index contributed by atoms with van der Waals surface area (Å²) in [5.41, 5.74) is 1.09. The lowest BCUT2D eigenvalue weighted by Crippen LogP contribution is -2.47. The minimum Gasteiger partial charge on any atom is -0.353 e. The van der Waals surface area contributed by atoms with Crippen LogP contribution in [0.1, 0.15) is 33.6 Å². The molecule has 7 heteroatoms. The molecule has 1 saturated heterocycles. The summed E-state index contributed by atoms with van der Waals surface area (Å²) >= 11 is 5.81. The number of amides is 3. The summed E-state index contributed by atoms with van der Waals surface area (Å²) in [6.45, 7) is 1.16. The molecule has 2 N–H and O–H groups in total. The maximum Gasteiger partial charge on any atom is 0.254 e. The predicted octanol–water partition coefficient (Wildman–Crippen LogP) is 2.49. The molecule has 1 fully saturated rings. The van der Waals surface area contributed by atoms with Crippen LogP contribution in [0.25, 0.3) is 0 Å². The molecule has 28 heavy (non-hydrogen) atoms. The van der Waals surface area contributed by atoms with Crippen molar-refractivity contribution in [3.63, 3.8) is 0 Å². The Balaban J connectivity index is 1.47. The molecule has 1 heterocycles. The second-order valence-electron chi connectivity index (χ2n) is 6.58. The van der Waals surface area contributed by atoms with Gasteiger partial charge in [0.05, 0.1) is 0 Å². The van der Waals surface area contributed by atoms with Crippen LogP contribution in [0.2, 0.25) is 5.02 Å². The number of hydrogen-bond acceptors (Lipinski definition) is 3. The summed E-state index contributed by atoms with van der Waals surface area (Å²) in [6, 6.07) is 15.1. The first kappa shape index (κ1) is 19.9. The molecule has 1 unspecified atom stereocenters. The normalized spacial score (nSPS) is 15.9. The average molecular weight is 400 g/mol. The highest BCUT2D eigenvalue weighted by atomic mass is 35.5. The number of nitrogens with one attached hydrogen (secondary N) is 2. The third-order valence-corrected chi connectivity index (χ3v) is 4.91. The Kier molecular flexibility index (Phi) is 6.66. The Morgan fingerprint density at radius 3 is 2.32 bits per heavy atom. The molecule has 0 aromatic heterocycles. The van der Waals surface area contributed by atoms with Crippen LogP contribution in [0.4, 0.5) is 0 Å². The number of carbonyl (C=O) groups excluding carboxylic acids is 3. The van der Waals surface area contributed by atoms with Gasteiger partial charge in [0.2, 0.25) is 5.91 Å². The minimum absolute atomic E-state index is 0.130. The summed E-state index contributed by atoms with van der Waals surface area (Å²) in [6.07, 6.45) is 1.44. The van der Waals surface area contributed by atoms with Gasteiger partial charge in [-0.3, -0.25) is 14.4 Å². The molecular weight excluding hydrogens is 378 g/mol. The van der Waals surface area contributed by atoms with Gasteiger partial charge in [-0.05, 0) is 49.2 Å². The summed E-state index contributed by atoms with van der Waals surface area (Å²) in [5.74, 6) is -0.551. The highest BCUT2D eigenvalue weighted by molar-refractivity contribution is 6.30. The topological polar surface area (TPSA) is 78.5 Å². The first-order valence-corrected chi connectivity index (χ1v) is 9.61. The Bertz CT molecular complexity index is 840. The number of carbonyl (C=O) groups is 3. The van der Waals surface area contributed by atoms with Crippen molar-refractivity contribution >= 4 is 29.3 Å². The van der Waals surface area contributed by atoms with Gasteiger partial charge in [0.15, 0.2) is 0 Å². The molecule has 1 aliphatic rings. The molecule has 6 nitrogen and oxygen atoms in total. The fourth-order valence-corrected chi connectivity index (χ4v) is 3.34. The van der Waals surface area contributed by atoms with E-state index in [1.165, 1.54) is 0 Å². The fourth-order valence-electron chi connectivity index (χ4n) is 3.21. The Hall–Kier alpha value is -2.86. The zero-order chi connectivity index (χ0) is 19.9. The van der Waals surface area contributed by atoms with Crippen molar-refractivity contribution in [3.05, 3.63) is 70.7 Å². The van der Waals surface area contributed by atoms with E-state index in [1.54, 1.807) is 41.3 Å². The molecule has 0 aliphatic carbocycles. The molecule has 1 aliphatic heterocycles. The van der Waals surface area contributed by atoms with Crippen molar-refractivity contribution in [2.75, 3.05) is 19.6 Å². The standard InChI is InChI=1S/C21H22ClN3O3/c22-17-10-8-15(9-11-17)19(26)23-12-13-24-20(27)18-7-4-14-25(18)21(28)16-5-2-1-3-6-16/h1-3,5-6,8-11,18H,4,7,12-14H2,(H,23,26)(H,24,27). The summed E-state index contributed by atoms with van der Waals surface area (Å²) in [5, 5.41) is 6.12. The average Bonchev–Trinajstić information content (AvgIpc) is 3.21. The third-order valence-electron chi connectivity index (χ3n) is 4.65. The molecule has 0 spiro atoms.